The lowest BCUT2D eigenvalue weighted by molar-refractivity contribution is -0.344. The Kier molecular flexibility index (Phi) is 20.5. The van der Waals surface area contributed by atoms with Gasteiger partial charge in [-0.15, -0.1) is 0 Å². The average Bonchev–Trinajstić information content (AvgIpc) is 3.13. The van der Waals surface area contributed by atoms with Gasteiger partial charge in [0.1, 0.15) is 42.4 Å². The number of ether oxygens (including phenoxy) is 8. The van der Waals surface area contributed by atoms with Crippen LogP contribution in [0.3, 0.4) is 0 Å². The van der Waals surface area contributed by atoms with E-state index in [1.165, 1.54) is 13.2 Å². The molecule has 0 spiro atoms. The lowest BCUT2D eigenvalue weighted by atomic mass is 9.83. The van der Waals surface area contributed by atoms with Crippen molar-refractivity contribution in [2.45, 2.75) is 186 Å². The fraction of sp³-hybridized carbons (Fsp3) is 0.795. The molecule has 0 radical (unpaired) electrons. The second kappa shape index (κ2) is 23.9. The molecule has 2 N–H and O–H groups in total. The highest BCUT2D eigenvalue weighted by Gasteiger charge is 2.53. The fourth-order valence-corrected chi connectivity index (χ4v) is 8.20. The van der Waals surface area contributed by atoms with Crippen molar-refractivity contribution in [1.82, 2.24) is 4.90 Å². The van der Waals surface area contributed by atoms with E-state index in [0.29, 0.717) is 19.1 Å². The molecule has 3 rings (SSSR count). The third kappa shape index (κ3) is 14.8. The van der Waals surface area contributed by atoms with Gasteiger partial charge in [0.15, 0.2) is 24.5 Å². The van der Waals surface area contributed by atoms with Crippen LogP contribution in [0.4, 0.5) is 0 Å². The summed E-state index contributed by atoms with van der Waals surface area (Å²) in [6.07, 6.45) is -3.43. The fourth-order valence-electron chi connectivity index (χ4n) is 8.20. The largest absolute Gasteiger partial charge is 0.462 e. The first-order valence-electron chi connectivity index (χ1n) is 21.3. The molecule has 0 aromatic carbocycles. The molecule has 16 nitrogen and oxygen atoms in total. The number of ketones is 1. The van der Waals surface area contributed by atoms with Crippen molar-refractivity contribution in [3.8, 4) is 0 Å². The number of allylic oxidation sites excluding steroid dienone is 3. The van der Waals surface area contributed by atoms with E-state index >= 15 is 0 Å². The highest BCUT2D eigenvalue weighted by molar-refractivity contribution is 5.91. The summed E-state index contributed by atoms with van der Waals surface area (Å²) in [7, 11) is 4.85. The van der Waals surface area contributed by atoms with E-state index < -0.39 is 115 Å². The number of cyclic esters (lactones) is 1. The molecule has 0 aromatic heterocycles. The smallest absolute Gasteiger partial charge is 0.309 e. The van der Waals surface area contributed by atoms with Crippen LogP contribution < -0.4 is 0 Å². The van der Waals surface area contributed by atoms with Gasteiger partial charge in [0.25, 0.3) is 0 Å². The lowest BCUT2D eigenvalue weighted by Crippen LogP contribution is -2.66. The molecule has 15 atom stereocenters. The molecule has 16 heteroatoms. The summed E-state index contributed by atoms with van der Waals surface area (Å²) in [6.45, 7) is 14.0. The van der Waals surface area contributed by atoms with Gasteiger partial charge >= 0.3 is 17.9 Å². The van der Waals surface area contributed by atoms with Crippen LogP contribution >= 0.6 is 0 Å². The van der Waals surface area contributed by atoms with E-state index in [0.717, 1.165) is 0 Å². The Balaban J connectivity index is 2.01. The molecule has 0 aromatic rings. The zero-order valence-electron chi connectivity index (χ0n) is 37.4. The Morgan fingerprint density at radius 1 is 1.00 bits per heavy atom. The predicted octanol–water partition coefficient (Wildman–Crippen LogP) is 4.00. The number of rotatable bonds is 14. The van der Waals surface area contributed by atoms with Gasteiger partial charge in [-0.25, -0.2) is 0 Å². The molecular formula is C44H71NO15. The van der Waals surface area contributed by atoms with Gasteiger partial charge in [-0.2, -0.15) is 0 Å². The number of nitrogens with zero attached hydrogens (tertiary/aromatic N) is 1. The maximum absolute atomic E-state index is 13.4. The number of hydrogen-bond acceptors (Lipinski definition) is 16. The van der Waals surface area contributed by atoms with Crippen LogP contribution in [0, 0.1) is 17.8 Å². The molecule has 2 saturated heterocycles. The Labute approximate surface area is 355 Å². The number of methoxy groups -OCH3 is 1. The Morgan fingerprint density at radius 3 is 2.30 bits per heavy atom. The number of hydrogen-bond donors (Lipinski definition) is 2. The molecule has 3 heterocycles. The van der Waals surface area contributed by atoms with Gasteiger partial charge in [0.2, 0.25) is 0 Å². The molecule has 342 valence electrons. The van der Waals surface area contributed by atoms with Crippen molar-refractivity contribution in [2.24, 2.45) is 17.8 Å². The summed E-state index contributed by atoms with van der Waals surface area (Å²) in [4.78, 5) is 66.4. The summed E-state index contributed by atoms with van der Waals surface area (Å²) in [5.74, 6) is -3.18. The molecule has 0 aliphatic carbocycles. The number of aldehydes is 1. The monoisotopic (exact) mass is 853 g/mol. The normalized spacial score (nSPS) is 38.5. The van der Waals surface area contributed by atoms with E-state index in [2.05, 4.69) is 0 Å². The SMILES string of the molecule is CCCC(=O)O[C@@H]1CC(=O)O[C@H](C)C/C=C/C=C/C(=O)[C@@H](C)C[C@@H](CC=O)[C@H](O[C@H]2O[C@H](C)[C@@H](O[C@H]3C[C@](C)(O)[C@H](OC(=O)CC(C)C)[C@@H](C)O3)[C@H](N(C)C)[C@H]2O)[C@H]1OC. The summed E-state index contributed by atoms with van der Waals surface area (Å²) in [5, 5.41) is 23.6. The van der Waals surface area contributed by atoms with Gasteiger partial charge in [-0.3, -0.25) is 19.2 Å². The van der Waals surface area contributed by atoms with Crippen LogP contribution in [-0.2, 0) is 61.9 Å². The quantitative estimate of drug-likeness (QED) is 0.144. The summed E-state index contributed by atoms with van der Waals surface area (Å²) in [6, 6.07) is -0.797. The highest BCUT2D eigenvalue weighted by atomic mass is 16.7. The molecule has 3 aliphatic rings. The standard InChI is InChI=1S/C44H71NO15/c1-12-16-33(48)57-32-23-35(50)54-27(5)17-14-13-15-18-31(47)26(4)22-30(19-20-46)40(41(32)53-11)60-43-38(51)37(45(9)10)39(28(6)56-43)59-36-24-44(8,52)42(29(7)55-36)58-34(49)21-25(2)3/h13-15,18,20,25-30,32,36-43,51-52H,12,16-17,19,21-24H2,1-11H3/b14-13+,18-15+/t26-,27+,28+,29+,30+,32+,36-,37+,38+,39+,40-,41-,42+,43+,44-/m0/s1. The van der Waals surface area contributed by atoms with E-state index in [9.17, 15) is 34.2 Å². The third-order valence-corrected chi connectivity index (χ3v) is 11.2. The number of aliphatic hydroxyl groups excluding tert-OH is 1. The van der Waals surface area contributed by atoms with Gasteiger partial charge in [-0.05, 0) is 72.5 Å². The number of likely N-dealkylation sites (N-methyl/N-ethyl adjacent to an activating group) is 1. The zero-order valence-corrected chi connectivity index (χ0v) is 37.4. The second-order valence-electron chi connectivity index (χ2n) is 17.4. The first-order chi connectivity index (χ1) is 28.2. The predicted molar refractivity (Wildman–Crippen MR) is 218 cm³/mol. The van der Waals surface area contributed by atoms with Crippen molar-refractivity contribution in [1.29, 1.82) is 0 Å². The number of esters is 3. The molecule has 0 saturated carbocycles. The second-order valence-corrected chi connectivity index (χ2v) is 17.4. The number of carbonyl (C=O) groups excluding carboxylic acids is 5. The Hall–Kier alpha value is -3.09. The van der Waals surface area contributed by atoms with Crippen molar-refractivity contribution < 1.29 is 72.1 Å². The van der Waals surface area contributed by atoms with Crippen molar-refractivity contribution in [3.05, 3.63) is 24.3 Å². The Bertz CT molecular complexity index is 1460. The van der Waals surface area contributed by atoms with Gasteiger partial charge in [0.05, 0.1) is 30.8 Å². The van der Waals surface area contributed by atoms with Gasteiger partial charge < -0.3 is 57.8 Å². The number of aliphatic hydroxyl groups is 2. The first-order valence-corrected chi connectivity index (χ1v) is 21.3. The lowest BCUT2D eigenvalue weighted by Gasteiger charge is -2.50. The topological polar surface area (TPSA) is 203 Å². The van der Waals surface area contributed by atoms with Crippen molar-refractivity contribution >= 4 is 30.0 Å². The Morgan fingerprint density at radius 2 is 1.70 bits per heavy atom. The first kappa shape index (κ1) is 51.3. The van der Waals surface area contributed by atoms with Gasteiger partial charge in [0, 0.05) is 45.1 Å². The maximum Gasteiger partial charge on any atom is 0.309 e. The molecule has 0 bridgehead atoms. The van der Waals surface area contributed by atoms with Crippen LogP contribution in [0.1, 0.15) is 107 Å². The van der Waals surface area contributed by atoms with E-state index in [-0.39, 0.29) is 43.8 Å². The minimum Gasteiger partial charge on any atom is -0.462 e. The zero-order chi connectivity index (χ0) is 44.9. The third-order valence-electron chi connectivity index (χ3n) is 11.2. The van der Waals surface area contributed by atoms with Crippen LogP contribution in [0.5, 0.6) is 0 Å². The molecule has 3 aliphatic heterocycles. The van der Waals surface area contributed by atoms with Crippen molar-refractivity contribution in [2.75, 3.05) is 21.2 Å². The summed E-state index contributed by atoms with van der Waals surface area (Å²) in [5.41, 5.74) is -1.51. The molecule has 0 amide bonds. The van der Waals surface area contributed by atoms with Crippen LogP contribution in [0.15, 0.2) is 24.3 Å². The molecule has 0 unspecified atom stereocenters. The van der Waals surface area contributed by atoms with Crippen molar-refractivity contribution in [3.63, 3.8) is 0 Å². The van der Waals surface area contributed by atoms with Crippen LogP contribution in [0.25, 0.3) is 0 Å². The number of carbonyl (C=O) groups is 5. The van der Waals surface area contributed by atoms with E-state index in [1.54, 1.807) is 71.8 Å². The summed E-state index contributed by atoms with van der Waals surface area (Å²) < 4.78 is 49.0. The van der Waals surface area contributed by atoms with E-state index in [4.69, 9.17) is 37.9 Å². The maximum atomic E-state index is 13.4. The molecule has 60 heavy (non-hydrogen) atoms. The average molecular weight is 854 g/mol. The van der Waals surface area contributed by atoms with Crippen LogP contribution in [0.2, 0.25) is 0 Å². The molecular weight excluding hydrogens is 782 g/mol. The minimum atomic E-state index is -1.51. The minimum absolute atomic E-state index is 0.0525. The van der Waals surface area contributed by atoms with Gasteiger partial charge in [-0.1, -0.05) is 45.9 Å². The molecule has 2 fully saturated rings. The highest BCUT2D eigenvalue weighted by Crippen LogP contribution is 2.37. The van der Waals surface area contributed by atoms with E-state index in [1.807, 2.05) is 20.8 Å². The summed E-state index contributed by atoms with van der Waals surface area (Å²) >= 11 is 0. The van der Waals surface area contributed by atoms with Crippen LogP contribution in [-0.4, -0.2) is 145 Å².